The molecule has 2 aromatic carbocycles. The minimum Gasteiger partial charge on any atom is -0.386 e. The molecule has 4 nitrogen and oxygen atoms in total. The Labute approximate surface area is 175 Å². The van der Waals surface area contributed by atoms with Gasteiger partial charge >= 0.3 is 0 Å². The zero-order chi connectivity index (χ0) is 18.1. The van der Waals surface area contributed by atoms with E-state index in [9.17, 15) is 9.50 Å². The molecule has 0 spiro atoms. The fourth-order valence-corrected chi connectivity index (χ4v) is 2.47. The predicted molar refractivity (Wildman–Crippen MR) is 116 cm³/mol. The summed E-state index contributed by atoms with van der Waals surface area (Å²) in [6.45, 7) is 3.42. The minimum absolute atomic E-state index is 0. The van der Waals surface area contributed by atoms with Gasteiger partial charge in [0.2, 0.25) is 0 Å². The number of aliphatic imine (C=N–C) groups is 1. The van der Waals surface area contributed by atoms with E-state index in [4.69, 9.17) is 11.6 Å². The lowest BCUT2D eigenvalue weighted by atomic mass is 10.1. The molecule has 0 bridgehead atoms. The van der Waals surface area contributed by atoms with Gasteiger partial charge in [0.15, 0.2) is 5.96 Å². The highest BCUT2D eigenvalue weighted by Gasteiger charge is 2.11. The Hall–Kier alpha value is -1.38. The van der Waals surface area contributed by atoms with Gasteiger partial charge in [0.05, 0.1) is 6.54 Å². The summed E-state index contributed by atoms with van der Waals surface area (Å²) in [6, 6.07) is 13.9. The Balaban J connectivity index is 0.00000338. The molecule has 2 aromatic rings. The molecule has 142 valence electrons. The monoisotopic (exact) mass is 491 g/mol. The molecule has 0 aliphatic rings. The van der Waals surface area contributed by atoms with Gasteiger partial charge in [-0.15, -0.1) is 24.0 Å². The van der Waals surface area contributed by atoms with Crippen molar-refractivity contribution in [2.75, 3.05) is 19.6 Å². The van der Waals surface area contributed by atoms with Crippen molar-refractivity contribution in [2.24, 2.45) is 4.99 Å². The molecule has 1 atom stereocenters. The van der Waals surface area contributed by atoms with E-state index >= 15 is 0 Å². The number of hydrogen-bond acceptors (Lipinski definition) is 2. The van der Waals surface area contributed by atoms with Gasteiger partial charge in [-0.1, -0.05) is 41.9 Å². The minimum atomic E-state index is -0.979. The van der Waals surface area contributed by atoms with Gasteiger partial charge in [-0.05, 0) is 37.1 Å². The van der Waals surface area contributed by atoms with Crippen LogP contribution < -0.4 is 10.6 Å². The largest absolute Gasteiger partial charge is 0.386 e. The van der Waals surface area contributed by atoms with E-state index in [1.165, 1.54) is 11.6 Å². The molecule has 0 radical (unpaired) electrons. The van der Waals surface area contributed by atoms with Gasteiger partial charge < -0.3 is 15.7 Å². The number of aliphatic hydroxyl groups excluding tert-OH is 1. The fourth-order valence-electron chi connectivity index (χ4n) is 2.34. The number of benzene rings is 2. The number of hydrogen-bond donors (Lipinski definition) is 3. The van der Waals surface area contributed by atoms with Crippen LogP contribution in [0.5, 0.6) is 0 Å². The average Bonchev–Trinajstić information content (AvgIpc) is 2.61. The molecular formula is C19H24ClFIN3O. The van der Waals surface area contributed by atoms with E-state index in [0.29, 0.717) is 24.1 Å². The Bertz CT molecular complexity index is 697. The number of rotatable bonds is 7. The van der Waals surface area contributed by atoms with Crippen molar-refractivity contribution in [3.05, 3.63) is 70.5 Å². The highest BCUT2D eigenvalue weighted by atomic mass is 127. The summed E-state index contributed by atoms with van der Waals surface area (Å²) in [5.74, 6) is 0.165. The Morgan fingerprint density at radius 1 is 1.15 bits per heavy atom. The quantitative estimate of drug-likeness (QED) is 0.313. The molecule has 2 rings (SSSR count). The van der Waals surface area contributed by atoms with Crippen molar-refractivity contribution in [3.63, 3.8) is 0 Å². The van der Waals surface area contributed by atoms with Gasteiger partial charge in [-0.2, -0.15) is 0 Å². The van der Waals surface area contributed by atoms with E-state index in [1.807, 2.05) is 31.2 Å². The summed E-state index contributed by atoms with van der Waals surface area (Å²) in [5, 5.41) is 17.2. The third-order valence-electron chi connectivity index (χ3n) is 3.65. The van der Waals surface area contributed by atoms with Crippen LogP contribution in [-0.2, 0) is 6.42 Å². The predicted octanol–water partition coefficient (Wildman–Crippen LogP) is 3.93. The number of guanidine groups is 1. The molecule has 1 unspecified atom stereocenters. The molecule has 0 saturated heterocycles. The van der Waals surface area contributed by atoms with Gasteiger partial charge in [0, 0.05) is 23.7 Å². The van der Waals surface area contributed by atoms with Crippen LogP contribution in [0.4, 0.5) is 4.39 Å². The average molecular weight is 492 g/mol. The Morgan fingerprint density at radius 2 is 1.85 bits per heavy atom. The summed E-state index contributed by atoms with van der Waals surface area (Å²) >= 11 is 5.87. The molecular weight excluding hydrogens is 468 g/mol. The number of nitrogens with zero attached hydrogens (tertiary/aromatic N) is 1. The van der Waals surface area contributed by atoms with Crippen LogP contribution in [0.2, 0.25) is 5.02 Å². The van der Waals surface area contributed by atoms with E-state index in [2.05, 4.69) is 15.6 Å². The Morgan fingerprint density at radius 3 is 2.50 bits per heavy atom. The van der Waals surface area contributed by atoms with Crippen LogP contribution in [0.15, 0.2) is 53.5 Å². The molecule has 26 heavy (non-hydrogen) atoms. The second-order valence-electron chi connectivity index (χ2n) is 5.56. The molecule has 3 N–H and O–H groups in total. The first-order valence-electron chi connectivity index (χ1n) is 8.29. The van der Waals surface area contributed by atoms with Gasteiger partial charge in [-0.3, -0.25) is 4.99 Å². The van der Waals surface area contributed by atoms with Crippen LogP contribution in [-0.4, -0.2) is 30.7 Å². The third-order valence-corrected chi connectivity index (χ3v) is 3.90. The van der Waals surface area contributed by atoms with E-state index in [1.54, 1.807) is 18.2 Å². The van der Waals surface area contributed by atoms with E-state index in [-0.39, 0.29) is 36.1 Å². The van der Waals surface area contributed by atoms with Crippen LogP contribution in [0.1, 0.15) is 24.2 Å². The van der Waals surface area contributed by atoms with Crippen molar-refractivity contribution in [3.8, 4) is 0 Å². The summed E-state index contributed by atoms with van der Waals surface area (Å²) < 4.78 is 13.7. The van der Waals surface area contributed by atoms with Crippen LogP contribution in [0, 0.1) is 5.82 Å². The molecule has 0 aliphatic carbocycles. The smallest absolute Gasteiger partial charge is 0.191 e. The highest BCUT2D eigenvalue weighted by Crippen LogP contribution is 2.16. The lowest BCUT2D eigenvalue weighted by molar-refractivity contribution is 0.182. The molecule has 0 heterocycles. The number of nitrogens with one attached hydrogen (secondary N) is 2. The van der Waals surface area contributed by atoms with E-state index < -0.39 is 11.9 Å². The van der Waals surface area contributed by atoms with Gasteiger partial charge in [0.1, 0.15) is 11.9 Å². The van der Waals surface area contributed by atoms with Crippen LogP contribution in [0.3, 0.4) is 0 Å². The summed E-state index contributed by atoms with van der Waals surface area (Å²) in [4.78, 5) is 4.33. The third kappa shape index (κ3) is 7.47. The summed E-state index contributed by atoms with van der Waals surface area (Å²) in [6.07, 6.45) is -0.162. The van der Waals surface area contributed by atoms with Crippen molar-refractivity contribution in [1.29, 1.82) is 0 Å². The lowest BCUT2D eigenvalue weighted by Crippen LogP contribution is -2.38. The van der Waals surface area contributed by atoms with Crippen molar-refractivity contribution < 1.29 is 9.50 Å². The zero-order valence-electron chi connectivity index (χ0n) is 14.6. The van der Waals surface area contributed by atoms with E-state index in [0.717, 1.165) is 6.42 Å². The highest BCUT2D eigenvalue weighted by molar-refractivity contribution is 14.0. The molecule has 0 fully saturated rings. The second kappa shape index (κ2) is 12.1. The molecule has 0 saturated carbocycles. The van der Waals surface area contributed by atoms with Crippen LogP contribution in [0.25, 0.3) is 0 Å². The number of halogens is 3. The van der Waals surface area contributed by atoms with Gasteiger partial charge in [0.25, 0.3) is 0 Å². The fraction of sp³-hybridized carbons (Fsp3) is 0.316. The van der Waals surface area contributed by atoms with Crippen molar-refractivity contribution in [2.45, 2.75) is 19.4 Å². The Kier molecular flexibility index (Phi) is 10.5. The van der Waals surface area contributed by atoms with Crippen molar-refractivity contribution >= 4 is 41.5 Å². The maximum Gasteiger partial charge on any atom is 0.191 e. The normalized spacial score (nSPS) is 12.2. The second-order valence-corrected chi connectivity index (χ2v) is 6.00. The topological polar surface area (TPSA) is 56.7 Å². The van der Waals surface area contributed by atoms with Crippen LogP contribution >= 0.6 is 35.6 Å². The first-order chi connectivity index (χ1) is 12.1. The summed E-state index contributed by atoms with van der Waals surface area (Å²) in [7, 11) is 0. The SMILES string of the molecule is CCNC(=NCC(O)c1ccccc1F)NCCc1ccc(Cl)cc1.I. The standard InChI is InChI=1S/C19H23ClFN3O.HI/c1-2-22-19(23-12-11-14-7-9-15(20)10-8-14)24-13-18(25)16-5-3-4-6-17(16)21;/h3-10,18,25H,2,11-13H2,1H3,(H2,22,23,24);1H. The van der Waals surface area contributed by atoms with Gasteiger partial charge in [-0.25, -0.2) is 4.39 Å². The molecule has 0 amide bonds. The molecule has 0 aromatic heterocycles. The first kappa shape index (κ1) is 22.7. The van der Waals surface area contributed by atoms with Crippen molar-refractivity contribution in [1.82, 2.24) is 10.6 Å². The zero-order valence-corrected chi connectivity index (χ0v) is 17.7. The molecule has 7 heteroatoms. The molecule has 0 aliphatic heterocycles. The summed E-state index contributed by atoms with van der Waals surface area (Å²) in [5.41, 5.74) is 1.42. The number of aliphatic hydroxyl groups is 1. The first-order valence-corrected chi connectivity index (χ1v) is 8.67. The maximum absolute atomic E-state index is 13.7. The maximum atomic E-state index is 13.7. The lowest BCUT2D eigenvalue weighted by Gasteiger charge is -2.14.